The first-order valence-electron chi connectivity index (χ1n) is 9.21. The van der Waals surface area contributed by atoms with Crippen molar-refractivity contribution < 1.29 is 14.4 Å². The Labute approximate surface area is 179 Å². The SMILES string of the molecule is C[C@]1(c2ccc(Cl)cc2Cl)NC(=O)N(CC(=O)NCCCc2ccccc2)C1=O. The van der Waals surface area contributed by atoms with Gasteiger partial charge in [0.05, 0.1) is 0 Å². The van der Waals surface area contributed by atoms with Gasteiger partial charge in [0.25, 0.3) is 5.91 Å². The average molecular weight is 434 g/mol. The molecule has 2 aromatic rings. The molecule has 1 atom stereocenters. The normalized spacial score (nSPS) is 18.7. The number of halogens is 2. The number of imide groups is 1. The number of urea groups is 1. The zero-order chi connectivity index (χ0) is 21.0. The molecule has 1 aliphatic heterocycles. The van der Waals surface area contributed by atoms with Crippen LogP contribution in [0.2, 0.25) is 10.0 Å². The molecule has 2 aromatic carbocycles. The van der Waals surface area contributed by atoms with Crippen molar-refractivity contribution in [1.29, 1.82) is 0 Å². The van der Waals surface area contributed by atoms with Crippen molar-refractivity contribution in [2.24, 2.45) is 0 Å². The molecule has 0 saturated carbocycles. The molecule has 0 aliphatic carbocycles. The fourth-order valence-electron chi connectivity index (χ4n) is 3.28. The second-order valence-corrected chi connectivity index (χ2v) is 7.85. The highest BCUT2D eigenvalue weighted by atomic mass is 35.5. The fourth-order valence-corrected chi connectivity index (χ4v) is 3.88. The zero-order valence-electron chi connectivity index (χ0n) is 15.9. The third-order valence-corrected chi connectivity index (χ3v) is 5.40. The summed E-state index contributed by atoms with van der Waals surface area (Å²) in [6.45, 7) is 1.66. The Hall–Kier alpha value is -2.57. The number of hydrogen-bond acceptors (Lipinski definition) is 3. The minimum atomic E-state index is -1.35. The summed E-state index contributed by atoms with van der Waals surface area (Å²) in [4.78, 5) is 38.4. The molecule has 1 saturated heterocycles. The van der Waals surface area contributed by atoms with E-state index in [9.17, 15) is 14.4 Å². The number of nitrogens with zero attached hydrogens (tertiary/aromatic N) is 1. The minimum absolute atomic E-state index is 0.265. The smallest absolute Gasteiger partial charge is 0.325 e. The molecule has 0 spiro atoms. The van der Waals surface area contributed by atoms with E-state index in [0.29, 0.717) is 17.1 Å². The van der Waals surface area contributed by atoms with Crippen molar-refractivity contribution in [1.82, 2.24) is 15.5 Å². The maximum atomic E-state index is 12.9. The van der Waals surface area contributed by atoms with Gasteiger partial charge in [-0.15, -0.1) is 0 Å². The second kappa shape index (κ2) is 8.84. The molecule has 3 rings (SSSR count). The maximum Gasteiger partial charge on any atom is 0.325 e. The molecular formula is C21H21Cl2N3O3. The van der Waals surface area contributed by atoms with Gasteiger partial charge in [-0.3, -0.25) is 14.5 Å². The minimum Gasteiger partial charge on any atom is -0.355 e. The maximum absolute atomic E-state index is 12.9. The predicted octanol–water partition coefficient (Wildman–Crippen LogP) is 3.51. The van der Waals surface area contributed by atoms with Crippen molar-refractivity contribution in [3.8, 4) is 0 Å². The number of benzene rings is 2. The van der Waals surface area contributed by atoms with Gasteiger partial charge in [-0.1, -0.05) is 59.6 Å². The fraction of sp³-hybridized carbons (Fsp3) is 0.286. The van der Waals surface area contributed by atoms with Crippen LogP contribution in [0.25, 0.3) is 0 Å². The van der Waals surface area contributed by atoms with E-state index >= 15 is 0 Å². The average Bonchev–Trinajstić information content (AvgIpc) is 2.89. The van der Waals surface area contributed by atoms with Gasteiger partial charge in [-0.2, -0.15) is 0 Å². The van der Waals surface area contributed by atoms with Gasteiger partial charge in [0.2, 0.25) is 5.91 Å². The van der Waals surface area contributed by atoms with Gasteiger partial charge >= 0.3 is 6.03 Å². The van der Waals surface area contributed by atoms with Crippen LogP contribution in [-0.2, 0) is 21.5 Å². The molecule has 29 heavy (non-hydrogen) atoms. The molecule has 1 aliphatic rings. The predicted molar refractivity (Wildman–Crippen MR) is 112 cm³/mol. The molecule has 4 amide bonds. The van der Waals surface area contributed by atoms with E-state index in [0.717, 1.165) is 17.7 Å². The lowest BCUT2D eigenvalue weighted by atomic mass is 9.92. The van der Waals surface area contributed by atoms with E-state index < -0.39 is 23.4 Å². The molecule has 6 nitrogen and oxygen atoms in total. The van der Waals surface area contributed by atoms with E-state index in [4.69, 9.17) is 23.2 Å². The van der Waals surface area contributed by atoms with Crippen molar-refractivity contribution in [3.05, 3.63) is 69.7 Å². The van der Waals surface area contributed by atoms with Gasteiger partial charge in [0.1, 0.15) is 12.1 Å². The molecule has 1 fully saturated rings. The highest BCUT2D eigenvalue weighted by molar-refractivity contribution is 6.35. The summed E-state index contributed by atoms with van der Waals surface area (Å²) in [5, 5.41) is 6.07. The Kier molecular flexibility index (Phi) is 6.45. The summed E-state index contributed by atoms with van der Waals surface area (Å²) in [6, 6.07) is 14.0. The Bertz CT molecular complexity index is 936. The molecule has 0 radical (unpaired) electrons. The Morgan fingerprint density at radius 1 is 1.14 bits per heavy atom. The number of carbonyl (C=O) groups is 3. The molecule has 2 N–H and O–H groups in total. The summed E-state index contributed by atoms with van der Waals surface area (Å²) in [5.41, 5.74) is 0.256. The second-order valence-electron chi connectivity index (χ2n) is 7.01. The standard InChI is InChI=1S/C21H21Cl2N3O3/c1-21(16-10-9-15(22)12-17(16)23)19(28)26(20(29)25-21)13-18(27)24-11-5-8-14-6-3-2-4-7-14/h2-4,6-7,9-10,12H,5,8,11,13H2,1H3,(H,24,27)(H,25,29)/t21-/m1/s1. The molecular weight excluding hydrogens is 413 g/mol. The third kappa shape index (κ3) is 4.71. The first-order valence-corrected chi connectivity index (χ1v) is 9.97. The van der Waals surface area contributed by atoms with Crippen molar-refractivity contribution in [2.45, 2.75) is 25.3 Å². The van der Waals surface area contributed by atoms with Crippen molar-refractivity contribution in [3.63, 3.8) is 0 Å². The highest BCUT2D eigenvalue weighted by Crippen LogP contribution is 2.34. The van der Waals surface area contributed by atoms with Gasteiger partial charge in [-0.05, 0) is 37.5 Å². The largest absolute Gasteiger partial charge is 0.355 e. The lowest BCUT2D eigenvalue weighted by Gasteiger charge is -2.23. The summed E-state index contributed by atoms with van der Waals surface area (Å²) in [5.74, 6) is -0.931. The van der Waals surface area contributed by atoms with Crippen LogP contribution >= 0.6 is 23.2 Å². The topological polar surface area (TPSA) is 78.5 Å². The van der Waals surface area contributed by atoms with Crippen LogP contribution in [0.5, 0.6) is 0 Å². The van der Waals surface area contributed by atoms with Crippen LogP contribution < -0.4 is 10.6 Å². The third-order valence-electron chi connectivity index (χ3n) is 4.85. The van der Waals surface area contributed by atoms with Gasteiger partial charge in [0, 0.05) is 22.2 Å². The summed E-state index contributed by atoms with van der Waals surface area (Å²) in [7, 11) is 0. The first kappa shape index (κ1) is 21.1. The van der Waals surface area contributed by atoms with Crippen molar-refractivity contribution in [2.75, 3.05) is 13.1 Å². The van der Waals surface area contributed by atoms with Crippen LogP contribution in [0.3, 0.4) is 0 Å². The molecule has 1 heterocycles. The van der Waals surface area contributed by atoms with Crippen LogP contribution in [0.15, 0.2) is 48.5 Å². The lowest BCUT2D eigenvalue weighted by molar-refractivity contribution is -0.134. The number of carbonyl (C=O) groups excluding carboxylic acids is 3. The van der Waals surface area contributed by atoms with E-state index in [1.165, 1.54) is 11.6 Å². The molecule has 0 unspecified atom stereocenters. The van der Waals surface area contributed by atoms with Gasteiger partial charge in [-0.25, -0.2) is 4.79 Å². The zero-order valence-corrected chi connectivity index (χ0v) is 17.4. The molecule has 0 bridgehead atoms. The van der Waals surface area contributed by atoms with Crippen LogP contribution in [0.1, 0.15) is 24.5 Å². The molecule has 0 aromatic heterocycles. The van der Waals surface area contributed by atoms with E-state index in [-0.39, 0.29) is 11.6 Å². The number of amides is 4. The van der Waals surface area contributed by atoms with Crippen LogP contribution in [-0.4, -0.2) is 35.8 Å². The molecule has 8 heteroatoms. The van der Waals surface area contributed by atoms with E-state index in [1.807, 2.05) is 30.3 Å². The number of nitrogens with one attached hydrogen (secondary N) is 2. The van der Waals surface area contributed by atoms with Gasteiger partial charge in [0.15, 0.2) is 0 Å². The Morgan fingerprint density at radius 3 is 2.55 bits per heavy atom. The highest BCUT2D eigenvalue weighted by Gasteiger charge is 2.50. The number of aryl methyl sites for hydroxylation is 1. The van der Waals surface area contributed by atoms with Gasteiger partial charge < -0.3 is 10.6 Å². The summed E-state index contributed by atoms with van der Waals surface area (Å²) < 4.78 is 0. The number of hydrogen-bond donors (Lipinski definition) is 2. The quantitative estimate of drug-likeness (QED) is 0.517. The molecule has 152 valence electrons. The lowest BCUT2D eigenvalue weighted by Crippen LogP contribution is -2.43. The summed E-state index contributed by atoms with van der Waals surface area (Å²) >= 11 is 12.1. The summed E-state index contributed by atoms with van der Waals surface area (Å²) in [6.07, 6.45) is 1.59. The monoisotopic (exact) mass is 433 g/mol. The van der Waals surface area contributed by atoms with Crippen LogP contribution in [0, 0.1) is 0 Å². The first-order chi connectivity index (χ1) is 13.8. The Balaban J connectivity index is 1.57. The van der Waals surface area contributed by atoms with E-state index in [2.05, 4.69) is 10.6 Å². The van der Waals surface area contributed by atoms with Crippen molar-refractivity contribution >= 4 is 41.0 Å². The van der Waals surface area contributed by atoms with E-state index in [1.54, 1.807) is 19.1 Å². The Morgan fingerprint density at radius 2 is 1.86 bits per heavy atom. The number of rotatable bonds is 7. The van der Waals surface area contributed by atoms with Crippen LogP contribution in [0.4, 0.5) is 4.79 Å².